The number of para-hydroxylation sites is 1. The molecule has 1 aliphatic carbocycles. The van der Waals surface area contributed by atoms with E-state index in [0.717, 1.165) is 36.8 Å². The lowest BCUT2D eigenvalue weighted by Gasteiger charge is -2.30. The van der Waals surface area contributed by atoms with Crippen molar-refractivity contribution in [3.05, 3.63) is 36.0 Å². The summed E-state index contributed by atoms with van der Waals surface area (Å²) in [7, 11) is 0. The molecule has 0 radical (unpaired) electrons. The topological polar surface area (TPSA) is 37.3 Å². The van der Waals surface area contributed by atoms with Gasteiger partial charge < -0.3 is 14.8 Å². The maximum atomic E-state index is 13.2. The van der Waals surface area contributed by atoms with Crippen molar-refractivity contribution in [3.8, 4) is 11.8 Å². The summed E-state index contributed by atoms with van der Waals surface area (Å²) in [6.07, 6.45) is -6.10. The van der Waals surface area contributed by atoms with E-state index in [-0.39, 0.29) is 24.4 Å². The Labute approximate surface area is 207 Å². The van der Waals surface area contributed by atoms with Crippen molar-refractivity contribution in [2.24, 2.45) is 11.8 Å². The Morgan fingerprint density at radius 3 is 2.25 bits per heavy atom. The van der Waals surface area contributed by atoms with Crippen molar-refractivity contribution >= 4 is 16.8 Å². The third-order valence-electron chi connectivity index (χ3n) is 6.55. The van der Waals surface area contributed by atoms with Crippen LogP contribution in [0.25, 0.3) is 10.9 Å². The largest absolute Gasteiger partial charge is 0.402 e. The van der Waals surface area contributed by atoms with Gasteiger partial charge in [0.2, 0.25) is 5.91 Å². The first-order chi connectivity index (χ1) is 17.0. The van der Waals surface area contributed by atoms with Crippen LogP contribution in [-0.4, -0.2) is 46.9 Å². The zero-order valence-corrected chi connectivity index (χ0v) is 20.3. The van der Waals surface area contributed by atoms with Crippen molar-refractivity contribution in [1.29, 1.82) is 0 Å². The molecular formula is C26H31F6N3O. The molecule has 1 saturated carbocycles. The fourth-order valence-corrected chi connectivity index (χ4v) is 4.44. The smallest absolute Gasteiger partial charge is 0.346 e. The van der Waals surface area contributed by atoms with Gasteiger partial charge in [0.25, 0.3) is 0 Å². The minimum absolute atomic E-state index is 0.00000861. The third-order valence-corrected chi connectivity index (χ3v) is 6.55. The van der Waals surface area contributed by atoms with Gasteiger partial charge in [-0.2, -0.15) is 26.3 Å². The molecule has 1 saturated heterocycles. The SMILES string of the molecule is CC#CC.O=C(C1CCCNC1)N(Cc1cn(CC(C(F)(F)F)C(F)(F)F)c2ccccc12)C1CC1. The van der Waals surface area contributed by atoms with Crippen molar-refractivity contribution in [3.63, 3.8) is 0 Å². The fourth-order valence-electron chi connectivity index (χ4n) is 4.44. The van der Waals surface area contributed by atoms with Gasteiger partial charge in [-0.1, -0.05) is 18.2 Å². The molecule has 0 spiro atoms. The normalized spacial score (nSPS) is 18.3. The maximum absolute atomic E-state index is 13.2. The average Bonchev–Trinajstić information content (AvgIpc) is 3.62. The van der Waals surface area contributed by atoms with Crippen molar-refractivity contribution in [2.75, 3.05) is 13.1 Å². The number of benzene rings is 1. The number of alkyl halides is 6. The van der Waals surface area contributed by atoms with Crippen LogP contribution in [0.15, 0.2) is 30.5 Å². The summed E-state index contributed by atoms with van der Waals surface area (Å²) in [5.74, 6) is 1.74. The number of aromatic nitrogens is 1. The molecule has 2 heterocycles. The van der Waals surface area contributed by atoms with Gasteiger partial charge >= 0.3 is 12.4 Å². The van der Waals surface area contributed by atoms with Gasteiger partial charge in [0.05, 0.1) is 5.92 Å². The van der Waals surface area contributed by atoms with Crippen LogP contribution < -0.4 is 5.32 Å². The van der Waals surface area contributed by atoms with Crippen LogP contribution in [-0.2, 0) is 17.9 Å². The molecule has 4 rings (SSSR count). The monoisotopic (exact) mass is 515 g/mol. The van der Waals surface area contributed by atoms with Gasteiger partial charge in [-0.3, -0.25) is 4.79 Å². The van der Waals surface area contributed by atoms with Crippen LogP contribution in [0.2, 0.25) is 0 Å². The molecule has 1 aromatic carbocycles. The fraction of sp³-hybridized carbons (Fsp3) is 0.577. The number of hydrogen-bond acceptors (Lipinski definition) is 2. The Balaban J connectivity index is 0.000000840. The molecule has 4 nitrogen and oxygen atoms in total. The summed E-state index contributed by atoms with van der Waals surface area (Å²) in [5, 5.41) is 3.78. The number of piperidine rings is 1. The number of nitrogens with one attached hydrogen (secondary N) is 1. The summed E-state index contributed by atoms with van der Waals surface area (Å²) in [6.45, 7) is 4.01. The van der Waals surface area contributed by atoms with E-state index in [1.165, 1.54) is 12.3 Å². The molecule has 2 aromatic rings. The van der Waals surface area contributed by atoms with Gasteiger partial charge in [-0.25, -0.2) is 0 Å². The van der Waals surface area contributed by atoms with E-state index in [2.05, 4.69) is 17.2 Å². The highest BCUT2D eigenvalue weighted by Gasteiger charge is 2.56. The summed E-state index contributed by atoms with van der Waals surface area (Å²) in [5.41, 5.74) is 0.858. The van der Waals surface area contributed by atoms with Gasteiger partial charge in [-0.05, 0) is 57.7 Å². The van der Waals surface area contributed by atoms with E-state index in [1.807, 2.05) is 13.8 Å². The second-order valence-electron chi connectivity index (χ2n) is 9.20. The molecule has 10 heteroatoms. The third kappa shape index (κ3) is 6.96. The summed E-state index contributed by atoms with van der Waals surface area (Å²) < 4.78 is 79.9. The van der Waals surface area contributed by atoms with E-state index in [0.29, 0.717) is 23.0 Å². The molecule has 1 N–H and O–H groups in total. The molecule has 1 atom stereocenters. The molecule has 1 aliphatic heterocycles. The van der Waals surface area contributed by atoms with E-state index >= 15 is 0 Å². The van der Waals surface area contributed by atoms with Crippen LogP contribution in [0.3, 0.4) is 0 Å². The second kappa shape index (κ2) is 11.6. The highest BCUT2D eigenvalue weighted by atomic mass is 19.4. The molecule has 0 bridgehead atoms. The Morgan fingerprint density at radius 1 is 1.08 bits per heavy atom. The number of nitrogens with zero attached hydrogens (tertiary/aromatic N) is 2. The number of rotatable bonds is 6. The van der Waals surface area contributed by atoms with Gasteiger partial charge in [0.1, 0.15) is 0 Å². The van der Waals surface area contributed by atoms with Gasteiger partial charge in [0.15, 0.2) is 5.92 Å². The molecule has 198 valence electrons. The average molecular weight is 516 g/mol. The van der Waals surface area contributed by atoms with Crippen molar-refractivity contribution < 1.29 is 31.1 Å². The number of hydrogen-bond donors (Lipinski definition) is 1. The second-order valence-corrected chi connectivity index (χ2v) is 9.20. The van der Waals surface area contributed by atoms with Crippen LogP contribution in [0.5, 0.6) is 0 Å². The van der Waals surface area contributed by atoms with Crippen molar-refractivity contribution in [2.45, 2.75) is 71.0 Å². The number of carbonyl (C=O) groups excluding carboxylic acids is 1. The van der Waals surface area contributed by atoms with Gasteiger partial charge in [-0.15, -0.1) is 11.8 Å². The minimum atomic E-state index is -5.41. The predicted molar refractivity (Wildman–Crippen MR) is 126 cm³/mol. The molecule has 1 aromatic heterocycles. The molecule has 2 aliphatic rings. The lowest BCUT2D eigenvalue weighted by Crippen LogP contribution is -2.43. The van der Waals surface area contributed by atoms with E-state index in [9.17, 15) is 31.1 Å². The Hall–Kier alpha value is -2.67. The zero-order valence-electron chi connectivity index (χ0n) is 20.3. The number of fused-ring (bicyclic) bond motifs is 1. The summed E-state index contributed by atoms with van der Waals surface area (Å²) in [4.78, 5) is 14.9. The van der Waals surface area contributed by atoms with E-state index in [1.54, 1.807) is 23.1 Å². The van der Waals surface area contributed by atoms with Crippen LogP contribution >= 0.6 is 0 Å². The Morgan fingerprint density at radius 2 is 1.72 bits per heavy atom. The molecule has 1 unspecified atom stereocenters. The number of carbonyl (C=O) groups is 1. The summed E-state index contributed by atoms with van der Waals surface area (Å²) >= 11 is 0. The molecule has 1 amide bonds. The van der Waals surface area contributed by atoms with Crippen molar-refractivity contribution in [1.82, 2.24) is 14.8 Å². The first-order valence-corrected chi connectivity index (χ1v) is 12.0. The van der Waals surface area contributed by atoms with E-state index in [4.69, 9.17) is 0 Å². The zero-order chi connectivity index (χ0) is 26.5. The molecule has 36 heavy (non-hydrogen) atoms. The summed E-state index contributed by atoms with van der Waals surface area (Å²) in [6, 6.07) is 6.53. The first-order valence-electron chi connectivity index (χ1n) is 12.0. The van der Waals surface area contributed by atoms with Crippen LogP contribution in [0.4, 0.5) is 26.3 Å². The number of halogens is 6. The molecule has 2 fully saturated rings. The highest BCUT2D eigenvalue weighted by molar-refractivity contribution is 5.85. The lowest BCUT2D eigenvalue weighted by molar-refractivity contribution is -0.287. The quantitative estimate of drug-likeness (QED) is 0.384. The maximum Gasteiger partial charge on any atom is 0.402 e. The van der Waals surface area contributed by atoms with Gasteiger partial charge in [0, 0.05) is 42.8 Å². The Kier molecular flexibility index (Phi) is 8.98. The standard InChI is InChI=1S/C22H25F6N3O.C4H6/c23-21(24,25)19(22(26,27)28)13-30-11-15(17-5-1-2-6-18(17)30)12-31(16-7-8-16)20(32)14-4-3-9-29-10-14;1-3-4-2/h1-2,5-6,11,14,16,19,29H,3-4,7-10,12-13H2;1-2H3. The highest BCUT2D eigenvalue weighted by Crippen LogP contribution is 2.41. The van der Waals surface area contributed by atoms with Crippen LogP contribution in [0, 0.1) is 23.7 Å². The minimum Gasteiger partial charge on any atom is -0.346 e. The number of amides is 1. The molecular weight excluding hydrogens is 484 g/mol. The van der Waals surface area contributed by atoms with Crippen LogP contribution in [0.1, 0.15) is 45.1 Å². The first kappa shape index (κ1) is 27.9. The van der Waals surface area contributed by atoms with E-state index < -0.39 is 24.8 Å². The predicted octanol–water partition coefficient (Wildman–Crippen LogP) is 5.90. The lowest BCUT2D eigenvalue weighted by atomic mass is 9.97. The Bertz CT molecular complexity index is 1070.